The SMILES string of the molecule is N#C[C@H](Cc1ccc(-c2cccc(C(N)=O)c2)cc1)NC(=O)[C@H]1NCC2CCCC1C2. The number of amides is 2. The minimum Gasteiger partial charge on any atom is -0.366 e. The summed E-state index contributed by atoms with van der Waals surface area (Å²) in [4.78, 5) is 24.2. The second-order valence-corrected chi connectivity index (χ2v) is 8.72. The Labute approximate surface area is 182 Å². The van der Waals surface area contributed by atoms with E-state index in [1.54, 1.807) is 18.2 Å². The molecule has 2 aliphatic rings. The van der Waals surface area contributed by atoms with Crippen LogP contribution in [-0.2, 0) is 11.2 Å². The molecule has 2 amide bonds. The van der Waals surface area contributed by atoms with Crippen LogP contribution >= 0.6 is 0 Å². The molecule has 4 rings (SSSR count). The summed E-state index contributed by atoms with van der Waals surface area (Å²) in [5.74, 6) is 0.554. The van der Waals surface area contributed by atoms with Crippen LogP contribution in [0, 0.1) is 23.2 Å². The van der Waals surface area contributed by atoms with Crippen LogP contribution in [0.25, 0.3) is 11.1 Å². The molecule has 2 fully saturated rings. The third-order valence-corrected chi connectivity index (χ3v) is 6.55. The zero-order chi connectivity index (χ0) is 21.8. The summed E-state index contributed by atoms with van der Waals surface area (Å²) in [6, 6.07) is 16.5. The maximum Gasteiger partial charge on any atom is 0.248 e. The molecular formula is C25H28N4O2. The topological polar surface area (TPSA) is 108 Å². The van der Waals surface area contributed by atoms with E-state index in [1.165, 1.54) is 12.8 Å². The second kappa shape index (κ2) is 9.32. The molecule has 6 heteroatoms. The summed E-state index contributed by atoms with van der Waals surface area (Å²) in [6.07, 6.45) is 5.08. The van der Waals surface area contributed by atoms with Gasteiger partial charge < -0.3 is 16.4 Å². The van der Waals surface area contributed by atoms with Gasteiger partial charge in [0.1, 0.15) is 6.04 Å². The fraction of sp³-hybridized carbons (Fsp3) is 0.400. The number of nitriles is 1. The lowest BCUT2D eigenvalue weighted by Gasteiger charge is -2.40. The molecule has 4 N–H and O–H groups in total. The first kappa shape index (κ1) is 21.1. The van der Waals surface area contributed by atoms with Gasteiger partial charge in [-0.2, -0.15) is 5.26 Å². The van der Waals surface area contributed by atoms with Crippen molar-refractivity contribution in [3.63, 3.8) is 0 Å². The number of nitrogens with zero attached hydrogens (tertiary/aromatic N) is 1. The molecule has 1 heterocycles. The fourth-order valence-corrected chi connectivity index (χ4v) is 4.90. The average molecular weight is 417 g/mol. The molecule has 0 radical (unpaired) electrons. The Morgan fingerprint density at radius 3 is 2.71 bits per heavy atom. The summed E-state index contributed by atoms with van der Waals surface area (Å²) in [7, 11) is 0. The van der Waals surface area contributed by atoms with Gasteiger partial charge in [-0.3, -0.25) is 9.59 Å². The molecular weight excluding hydrogens is 388 g/mol. The number of carbonyl (C=O) groups is 2. The maximum atomic E-state index is 12.8. The van der Waals surface area contributed by atoms with Crippen LogP contribution in [0.1, 0.15) is 41.6 Å². The molecule has 0 aromatic heterocycles. The van der Waals surface area contributed by atoms with Gasteiger partial charge >= 0.3 is 0 Å². The summed E-state index contributed by atoms with van der Waals surface area (Å²) < 4.78 is 0. The van der Waals surface area contributed by atoms with E-state index in [1.807, 2.05) is 30.3 Å². The Hall–Kier alpha value is -3.17. The number of benzene rings is 2. The average Bonchev–Trinajstić information content (AvgIpc) is 2.79. The maximum absolute atomic E-state index is 12.8. The smallest absolute Gasteiger partial charge is 0.248 e. The van der Waals surface area contributed by atoms with Crippen molar-refractivity contribution in [3.05, 3.63) is 59.7 Å². The zero-order valence-electron chi connectivity index (χ0n) is 17.5. The molecule has 2 bridgehead atoms. The molecule has 1 saturated heterocycles. The van der Waals surface area contributed by atoms with E-state index in [2.05, 4.69) is 16.7 Å². The molecule has 4 atom stereocenters. The summed E-state index contributed by atoms with van der Waals surface area (Å²) in [5.41, 5.74) is 8.67. The number of nitrogens with two attached hydrogens (primary N) is 1. The summed E-state index contributed by atoms with van der Waals surface area (Å²) in [6.45, 7) is 0.893. The lowest BCUT2D eigenvalue weighted by Crippen LogP contribution is -2.56. The largest absolute Gasteiger partial charge is 0.366 e. The Morgan fingerprint density at radius 1 is 1.16 bits per heavy atom. The molecule has 6 nitrogen and oxygen atoms in total. The molecule has 2 aromatic rings. The first-order chi connectivity index (χ1) is 15.0. The van der Waals surface area contributed by atoms with Gasteiger partial charge in [0.05, 0.1) is 12.1 Å². The second-order valence-electron chi connectivity index (χ2n) is 8.72. The van der Waals surface area contributed by atoms with E-state index >= 15 is 0 Å². The normalized spacial score (nSPS) is 23.4. The van der Waals surface area contributed by atoms with Gasteiger partial charge in [0.2, 0.25) is 11.8 Å². The van der Waals surface area contributed by atoms with Crippen LogP contribution in [0.15, 0.2) is 48.5 Å². The lowest BCUT2D eigenvalue weighted by molar-refractivity contribution is -0.126. The monoisotopic (exact) mass is 416 g/mol. The third-order valence-electron chi connectivity index (χ3n) is 6.55. The van der Waals surface area contributed by atoms with Crippen molar-refractivity contribution in [1.29, 1.82) is 5.26 Å². The van der Waals surface area contributed by atoms with Gasteiger partial charge in [-0.25, -0.2) is 0 Å². The van der Waals surface area contributed by atoms with Gasteiger partial charge in [0.25, 0.3) is 0 Å². The van der Waals surface area contributed by atoms with E-state index in [0.717, 1.165) is 36.1 Å². The molecule has 31 heavy (non-hydrogen) atoms. The highest BCUT2D eigenvalue weighted by atomic mass is 16.2. The van der Waals surface area contributed by atoms with E-state index < -0.39 is 11.9 Å². The lowest BCUT2D eigenvalue weighted by atomic mass is 9.74. The van der Waals surface area contributed by atoms with Crippen molar-refractivity contribution < 1.29 is 9.59 Å². The van der Waals surface area contributed by atoms with Crippen molar-refractivity contribution in [2.45, 2.75) is 44.2 Å². The molecule has 2 aromatic carbocycles. The van der Waals surface area contributed by atoms with Crippen molar-refractivity contribution in [3.8, 4) is 17.2 Å². The number of nitrogens with one attached hydrogen (secondary N) is 2. The molecule has 0 spiro atoms. The predicted molar refractivity (Wildman–Crippen MR) is 119 cm³/mol. The standard InChI is InChI=1S/C25H28N4O2/c26-14-22(29-25(31)23-20-5-1-3-17(11-20)15-28-23)12-16-7-9-18(10-8-16)19-4-2-6-21(13-19)24(27)30/h2,4,6-10,13,17,20,22-23,28H,1,3,5,11-12,15H2,(H2,27,30)(H,29,31)/t17?,20?,22-,23-/m0/s1. The van der Waals surface area contributed by atoms with E-state index in [4.69, 9.17) is 5.73 Å². The number of hydrogen-bond acceptors (Lipinski definition) is 4. The van der Waals surface area contributed by atoms with Gasteiger partial charge in [0, 0.05) is 12.0 Å². The quantitative estimate of drug-likeness (QED) is 0.673. The minimum atomic E-state index is -0.570. The highest BCUT2D eigenvalue weighted by molar-refractivity contribution is 5.94. The van der Waals surface area contributed by atoms with Gasteiger partial charge in [-0.15, -0.1) is 0 Å². The van der Waals surface area contributed by atoms with Crippen molar-refractivity contribution >= 4 is 11.8 Å². The Kier molecular flexibility index (Phi) is 6.34. The number of carbonyl (C=O) groups excluding carboxylic acids is 2. The van der Waals surface area contributed by atoms with Crippen LogP contribution in [0.2, 0.25) is 0 Å². The number of hydrogen-bond donors (Lipinski definition) is 3. The molecule has 1 saturated carbocycles. The van der Waals surface area contributed by atoms with Gasteiger partial charge in [0.15, 0.2) is 0 Å². The minimum absolute atomic E-state index is 0.0585. The van der Waals surface area contributed by atoms with E-state index in [9.17, 15) is 14.9 Å². The highest BCUT2D eigenvalue weighted by Gasteiger charge is 2.37. The van der Waals surface area contributed by atoms with E-state index in [-0.39, 0.29) is 11.9 Å². The number of rotatable bonds is 6. The molecule has 1 aliphatic heterocycles. The Bertz CT molecular complexity index is 995. The summed E-state index contributed by atoms with van der Waals surface area (Å²) in [5, 5.41) is 15.9. The predicted octanol–water partition coefficient (Wildman–Crippen LogP) is 2.78. The first-order valence-corrected chi connectivity index (χ1v) is 11.0. The van der Waals surface area contributed by atoms with Crippen LogP contribution in [0.4, 0.5) is 0 Å². The zero-order valence-corrected chi connectivity index (χ0v) is 17.5. The number of piperidine rings is 1. The van der Waals surface area contributed by atoms with Gasteiger partial charge in [-0.05, 0) is 66.5 Å². The third kappa shape index (κ3) is 4.95. The molecule has 2 unspecified atom stereocenters. The summed E-state index contributed by atoms with van der Waals surface area (Å²) >= 11 is 0. The molecule has 1 aliphatic carbocycles. The first-order valence-electron chi connectivity index (χ1n) is 11.0. The van der Waals surface area contributed by atoms with Crippen LogP contribution < -0.4 is 16.4 Å². The molecule has 160 valence electrons. The number of fused-ring (bicyclic) bond motifs is 2. The van der Waals surface area contributed by atoms with Gasteiger partial charge in [-0.1, -0.05) is 42.8 Å². The Morgan fingerprint density at radius 2 is 1.97 bits per heavy atom. The van der Waals surface area contributed by atoms with Crippen molar-refractivity contribution in [2.75, 3.05) is 6.54 Å². The van der Waals surface area contributed by atoms with Crippen molar-refractivity contribution in [1.82, 2.24) is 10.6 Å². The highest BCUT2D eigenvalue weighted by Crippen LogP contribution is 2.34. The van der Waals surface area contributed by atoms with Crippen LogP contribution in [0.3, 0.4) is 0 Å². The van der Waals surface area contributed by atoms with Crippen molar-refractivity contribution in [2.24, 2.45) is 17.6 Å². The fourth-order valence-electron chi connectivity index (χ4n) is 4.90. The number of primary amides is 1. The Balaban J connectivity index is 1.38. The van der Waals surface area contributed by atoms with Crippen LogP contribution in [-0.4, -0.2) is 30.4 Å². The van der Waals surface area contributed by atoms with Crippen LogP contribution in [0.5, 0.6) is 0 Å². The van der Waals surface area contributed by atoms with E-state index in [0.29, 0.717) is 23.8 Å².